The Morgan fingerprint density at radius 3 is 2.95 bits per heavy atom. The van der Waals surface area contributed by atoms with Crippen LogP contribution >= 0.6 is 0 Å². The van der Waals surface area contributed by atoms with Gasteiger partial charge < -0.3 is 10.6 Å². The summed E-state index contributed by atoms with van der Waals surface area (Å²) in [5, 5.41) is 0. The zero-order chi connectivity index (χ0) is 13.8. The summed E-state index contributed by atoms with van der Waals surface area (Å²) in [5.74, 6) is 0. The summed E-state index contributed by atoms with van der Waals surface area (Å²) in [6.07, 6.45) is 7.58. The Kier molecular flexibility index (Phi) is 4.20. The van der Waals surface area contributed by atoms with Crippen molar-refractivity contribution in [2.75, 3.05) is 18.5 Å². The number of allylic oxidation sites excluding steroid dienone is 1. The van der Waals surface area contributed by atoms with Crippen molar-refractivity contribution in [3.05, 3.63) is 29.7 Å². The number of aliphatic imine (C=N–C) groups is 1. The molecular weight excluding hydrogens is 236 g/mol. The molecule has 1 aromatic heterocycles. The highest BCUT2D eigenvalue weighted by Gasteiger charge is 2.20. The second-order valence-electron chi connectivity index (χ2n) is 5.10. The molecule has 19 heavy (non-hydrogen) atoms. The number of nitrogens with two attached hydrogens (primary N) is 1. The molecule has 2 heterocycles. The van der Waals surface area contributed by atoms with Gasteiger partial charge in [0, 0.05) is 37.6 Å². The van der Waals surface area contributed by atoms with Gasteiger partial charge in [-0.3, -0.25) is 9.98 Å². The maximum absolute atomic E-state index is 5.64. The van der Waals surface area contributed by atoms with E-state index in [2.05, 4.69) is 34.8 Å². The quantitative estimate of drug-likeness (QED) is 0.846. The number of rotatable bonds is 3. The van der Waals surface area contributed by atoms with E-state index in [1.165, 1.54) is 17.7 Å². The molecule has 0 saturated carbocycles. The van der Waals surface area contributed by atoms with Crippen molar-refractivity contribution in [2.45, 2.75) is 32.7 Å². The predicted octanol–water partition coefficient (Wildman–Crippen LogP) is 2.24. The van der Waals surface area contributed by atoms with Gasteiger partial charge in [-0.05, 0) is 38.3 Å². The first kappa shape index (κ1) is 13.6. The minimum absolute atomic E-state index is 0.508. The number of aryl methyl sites for hydroxylation is 1. The molecule has 0 aromatic carbocycles. The average Bonchev–Trinajstić information content (AvgIpc) is 2.43. The Balaban J connectivity index is 2.39. The van der Waals surface area contributed by atoms with Crippen LogP contribution in [-0.4, -0.2) is 30.8 Å². The molecular formula is C15H22N4. The van der Waals surface area contributed by atoms with E-state index in [9.17, 15) is 0 Å². The molecule has 102 valence electrons. The Morgan fingerprint density at radius 2 is 2.32 bits per heavy atom. The molecule has 0 radical (unpaired) electrons. The number of aromatic nitrogens is 1. The number of nitrogens with zero attached hydrogens (tertiary/aromatic N) is 3. The molecule has 0 amide bonds. The SMILES string of the molecule is CN=C/C(=C\N)c1cc2c(cn1)N(C(C)C)CCC2. The van der Waals surface area contributed by atoms with E-state index in [0.717, 1.165) is 24.2 Å². The third kappa shape index (κ3) is 2.78. The van der Waals surface area contributed by atoms with E-state index in [1.807, 2.05) is 6.20 Å². The maximum atomic E-state index is 5.64. The lowest BCUT2D eigenvalue weighted by Gasteiger charge is -2.34. The summed E-state index contributed by atoms with van der Waals surface area (Å²) in [7, 11) is 1.74. The monoisotopic (exact) mass is 258 g/mol. The van der Waals surface area contributed by atoms with Crippen molar-refractivity contribution in [3.8, 4) is 0 Å². The van der Waals surface area contributed by atoms with Gasteiger partial charge in [0.05, 0.1) is 17.6 Å². The van der Waals surface area contributed by atoms with E-state index in [-0.39, 0.29) is 0 Å². The van der Waals surface area contributed by atoms with Crippen LogP contribution in [0.3, 0.4) is 0 Å². The van der Waals surface area contributed by atoms with Gasteiger partial charge in [0.15, 0.2) is 0 Å². The van der Waals surface area contributed by atoms with Crippen molar-refractivity contribution >= 4 is 17.5 Å². The molecule has 0 fully saturated rings. The number of pyridine rings is 1. The van der Waals surface area contributed by atoms with Gasteiger partial charge in [-0.1, -0.05) is 0 Å². The second kappa shape index (κ2) is 5.87. The molecule has 2 N–H and O–H groups in total. The summed E-state index contributed by atoms with van der Waals surface area (Å²) < 4.78 is 0. The molecule has 0 aliphatic carbocycles. The molecule has 1 aliphatic heterocycles. The summed E-state index contributed by atoms with van der Waals surface area (Å²) in [5.41, 5.74) is 10.0. The number of hydrogen-bond donors (Lipinski definition) is 1. The predicted molar refractivity (Wildman–Crippen MR) is 81.6 cm³/mol. The lowest BCUT2D eigenvalue weighted by atomic mass is 10.00. The van der Waals surface area contributed by atoms with Crippen molar-refractivity contribution in [1.29, 1.82) is 0 Å². The largest absolute Gasteiger partial charge is 0.404 e. The smallest absolute Gasteiger partial charge is 0.0736 e. The van der Waals surface area contributed by atoms with E-state index >= 15 is 0 Å². The second-order valence-corrected chi connectivity index (χ2v) is 5.10. The number of anilines is 1. The van der Waals surface area contributed by atoms with Gasteiger partial charge in [-0.25, -0.2) is 0 Å². The fraction of sp³-hybridized carbons (Fsp3) is 0.467. The molecule has 1 aliphatic rings. The highest BCUT2D eigenvalue weighted by Crippen LogP contribution is 2.29. The number of hydrogen-bond acceptors (Lipinski definition) is 4. The molecule has 0 spiro atoms. The van der Waals surface area contributed by atoms with E-state index in [1.54, 1.807) is 19.5 Å². The van der Waals surface area contributed by atoms with Crippen LogP contribution in [0.1, 0.15) is 31.5 Å². The lowest BCUT2D eigenvalue weighted by molar-refractivity contribution is 0.623. The summed E-state index contributed by atoms with van der Waals surface area (Å²) >= 11 is 0. The first-order valence-electron chi connectivity index (χ1n) is 6.77. The van der Waals surface area contributed by atoms with E-state index < -0.39 is 0 Å². The highest BCUT2D eigenvalue weighted by atomic mass is 15.2. The van der Waals surface area contributed by atoms with Crippen molar-refractivity contribution in [3.63, 3.8) is 0 Å². The molecule has 0 unspecified atom stereocenters. The van der Waals surface area contributed by atoms with Gasteiger partial charge in [-0.15, -0.1) is 0 Å². The molecule has 0 saturated heterocycles. The Bertz CT molecular complexity index is 503. The average molecular weight is 258 g/mol. The molecule has 1 aromatic rings. The minimum Gasteiger partial charge on any atom is -0.404 e. The van der Waals surface area contributed by atoms with Crippen LogP contribution in [0.2, 0.25) is 0 Å². The summed E-state index contributed by atoms with van der Waals surface area (Å²) in [6.45, 7) is 5.55. The highest BCUT2D eigenvalue weighted by molar-refractivity contribution is 6.08. The van der Waals surface area contributed by atoms with Crippen molar-refractivity contribution in [2.24, 2.45) is 10.7 Å². The van der Waals surface area contributed by atoms with E-state index in [0.29, 0.717) is 6.04 Å². The first-order valence-corrected chi connectivity index (χ1v) is 6.77. The first-order chi connectivity index (χ1) is 9.17. The zero-order valence-corrected chi connectivity index (χ0v) is 11.9. The van der Waals surface area contributed by atoms with Crippen LogP contribution in [0.15, 0.2) is 23.5 Å². The lowest BCUT2D eigenvalue weighted by Crippen LogP contribution is -2.35. The van der Waals surface area contributed by atoms with Crippen LogP contribution in [0.25, 0.3) is 5.57 Å². The van der Waals surface area contributed by atoms with Crippen LogP contribution in [0.4, 0.5) is 5.69 Å². The van der Waals surface area contributed by atoms with E-state index in [4.69, 9.17) is 5.73 Å². The van der Waals surface area contributed by atoms with Gasteiger partial charge in [0.1, 0.15) is 0 Å². The van der Waals surface area contributed by atoms with Gasteiger partial charge in [-0.2, -0.15) is 0 Å². The molecule has 0 atom stereocenters. The summed E-state index contributed by atoms with van der Waals surface area (Å²) in [4.78, 5) is 11.0. The van der Waals surface area contributed by atoms with Gasteiger partial charge in [0.25, 0.3) is 0 Å². The van der Waals surface area contributed by atoms with Gasteiger partial charge in [0.2, 0.25) is 0 Å². The number of fused-ring (bicyclic) bond motifs is 1. The summed E-state index contributed by atoms with van der Waals surface area (Å²) in [6, 6.07) is 2.65. The normalized spacial score (nSPS) is 16.2. The topological polar surface area (TPSA) is 54.5 Å². The van der Waals surface area contributed by atoms with Crippen LogP contribution in [-0.2, 0) is 6.42 Å². The zero-order valence-electron chi connectivity index (χ0n) is 11.9. The molecule has 4 nitrogen and oxygen atoms in total. The fourth-order valence-electron chi connectivity index (χ4n) is 2.54. The Hall–Kier alpha value is -1.84. The van der Waals surface area contributed by atoms with Crippen LogP contribution in [0, 0.1) is 0 Å². The van der Waals surface area contributed by atoms with Crippen LogP contribution < -0.4 is 10.6 Å². The Labute approximate surface area is 115 Å². The fourth-order valence-corrected chi connectivity index (χ4v) is 2.54. The maximum Gasteiger partial charge on any atom is 0.0736 e. The molecule has 2 rings (SSSR count). The molecule has 0 bridgehead atoms. The molecule has 4 heteroatoms. The van der Waals surface area contributed by atoms with Crippen LogP contribution in [0.5, 0.6) is 0 Å². The van der Waals surface area contributed by atoms with Crippen molar-refractivity contribution < 1.29 is 0 Å². The van der Waals surface area contributed by atoms with Gasteiger partial charge >= 0.3 is 0 Å². The third-order valence-corrected chi connectivity index (χ3v) is 3.49. The Morgan fingerprint density at radius 1 is 1.53 bits per heavy atom. The minimum atomic E-state index is 0.508. The van der Waals surface area contributed by atoms with Crippen molar-refractivity contribution in [1.82, 2.24) is 4.98 Å². The third-order valence-electron chi connectivity index (χ3n) is 3.49. The standard InChI is InChI=1S/C15H22N4/c1-11(2)19-6-4-5-12-7-14(18-10-15(12)19)13(8-16)9-17-3/h7-11H,4-6,16H2,1-3H3/b13-8+,17-9?.